The highest BCUT2D eigenvalue weighted by Crippen LogP contribution is 2.36. The summed E-state index contributed by atoms with van der Waals surface area (Å²) in [4.78, 5) is 23.7. The Kier molecular flexibility index (Phi) is 3.64. The second kappa shape index (κ2) is 5.48. The lowest BCUT2D eigenvalue weighted by molar-refractivity contribution is 0.0693. The van der Waals surface area contributed by atoms with E-state index in [1.165, 1.54) is 5.56 Å². The molecular formula is C17H19NO4. The van der Waals surface area contributed by atoms with Crippen molar-refractivity contribution in [3.63, 3.8) is 0 Å². The third-order valence-electron chi connectivity index (χ3n) is 4.42. The molecule has 1 aromatic heterocycles. The maximum absolute atomic E-state index is 12.5. The zero-order valence-corrected chi connectivity index (χ0v) is 12.6. The minimum absolute atomic E-state index is 0.240. The van der Waals surface area contributed by atoms with Gasteiger partial charge >= 0.3 is 5.97 Å². The number of nitrogens with two attached hydrogens (primary N) is 1. The van der Waals surface area contributed by atoms with Crippen LogP contribution in [0.25, 0.3) is 11.0 Å². The van der Waals surface area contributed by atoms with Crippen LogP contribution < -0.4 is 11.2 Å². The fourth-order valence-corrected chi connectivity index (χ4v) is 3.42. The van der Waals surface area contributed by atoms with Crippen LogP contribution in [0.1, 0.15) is 53.2 Å². The van der Waals surface area contributed by atoms with Crippen LogP contribution in [0.2, 0.25) is 0 Å². The van der Waals surface area contributed by atoms with Crippen molar-refractivity contribution in [2.24, 2.45) is 0 Å². The van der Waals surface area contributed by atoms with Gasteiger partial charge in [-0.3, -0.25) is 4.79 Å². The van der Waals surface area contributed by atoms with Crippen LogP contribution in [0.3, 0.4) is 0 Å². The first-order valence-electron chi connectivity index (χ1n) is 7.67. The maximum Gasteiger partial charge on any atom is 0.342 e. The van der Waals surface area contributed by atoms with Crippen molar-refractivity contribution >= 4 is 22.6 Å². The molecule has 22 heavy (non-hydrogen) atoms. The lowest BCUT2D eigenvalue weighted by atomic mass is 9.84. The van der Waals surface area contributed by atoms with E-state index in [-0.39, 0.29) is 10.9 Å². The number of carbonyl (C=O) groups is 1. The Morgan fingerprint density at radius 2 is 2.00 bits per heavy atom. The van der Waals surface area contributed by atoms with Crippen molar-refractivity contribution < 1.29 is 14.3 Å². The number of rotatable bonds is 3. The van der Waals surface area contributed by atoms with Crippen LogP contribution in [0.15, 0.2) is 15.5 Å². The van der Waals surface area contributed by atoms with Gasteiger partial charge in [-0.2, -0.15) is 0 Å². The lowest BCUT2D eigenvalue weighted by Crippen LogP contribution is -2.19. The largest absolute Gasteiger partial charge is 0.477 e. The van der Waals surface area contributed by atoms with E-state index in [4.69, 9.17) is 15.3 Å². The van der Waals surface area contributed by atoms with Gasteiger partial charge in [0.1, 0.15) is 17.4 Å². The SMILES string of the molecule is CCCc1c2c(c(N)c3c(=O)c(C(=O)O)coc13)CCCC2. The molecule has 1 aliphatic carbocycles. The lowest BCUT2D eigenvalue weighted by Gasteiger charge is -2.23. The molecule has 0 bridgehead atoms. The topological polar surface area (TPSA) is 93.5 Å². The quantitative estimate of drug-likeness (QED) is 0.850. The van der Waals surface area contributed by atoms with Crippen LogP contribution >= 0.6 is 0 Å². The van der Waals surface area contributed by atoms with Crippen molar-refractivity contribution in [2.45, 2.75) is 45.4 Å². The maximum atomic E-state index is 12.5. The minimum atomic E-state index is -1.29. The fourth-order valence-electron chi connectivity index (χ4n) is 3.42. The summed E-state index contributed by atoms with van der Waals surface area (Å²) in [5.41, 5.74) is 9.42. The van der Waals surface area contributed by atoms with Crippen molar-refractivity contribution in [3.8, 4) is 0 Å². The predicted molar refractivity (Wildman–Crippen MR) is 84.5 cm³/mol. The zero-order chi connectivity index (χ0) is 15.9. The summed E-state index contributed by atoms with van der Waals surface area (Å²) in [5, 5.41) is 9.37. The number of aromatic carboxylic acids is 1. The molecule has 0 unspecified atom stereocenters. The molecule has 5 nitrogen and oxygen atoms in total. The first-order valence-corrected chi connectivity index (χ1v) is 7.67. The molecule has 1 aliphatic rings. The summed E-state index contributed by atoms with van der Waals surface area (Å²) in [7, 11) is 0. The summed E-state index contributed by atoms with van der Waals surface area (Å²) >= 11 is 0. The second-order valence-corrected chi connectivity index (χ2v) is 5.79. The van der Waals surface area contributed by atoms with Gasteiger partial charge in [-0.05, 0) is 48.8 Å². The van der Waals surface area contributed by atoms with Crippen LogP contribution in [-0.4, -0.2) is 11.1 Å². The molecule has 0 radical (unpaired) electrons. The molecule has 0 saturated carbocycles. The van der Waals surface area contributed by atoms with E-state index < -0.39 is 11.4 Å². The molecule has 3 N–H and O–H groups in total. The second-order valence-electron chi connectivity index (χ2n) is 5.79. The summed E-state index contributed by atoms with van der Waals surface area (Å²) in [6.07, 6.45) is 6.69. The fraction of sp³-hybridized carbons (Fsp3) is 0.412. The van der Waals surface area contributed by atoms with E-state index in [9.17, 15) is 9.59 Å². The third kappa shape index (κ3) is 2.08. The molecule has 0 saturated heterocycles. The van der Waals surface area contributed by atoms with E-state index >= 15 is 0 Å². The van der Waals surface area contributed by atoms with Gasteiger partial charge in [0.05, 0.1) is 11.1 Å². The van der Waals surface area contributed by atoms with Crippen LogP contribution in [0.5, 0.6) is 0 Å². The highest BCUT2D eigenvalue weighted by molar-refractivity contribution is 5.98. The van der Waals surface area contributed by atoms with Crippen molar-refractivity contribution in [3.05, 3.63) is 38.7 Å². The van der Waals surface area contributed by atoms with Gasteiger partial charge in [0.2, 0.25) is 5.43 Å². The Morgan fingerprint density at radius 3 is 2.64 bits per heavy atom. The Hall–Kier alpha value is -2.30. The molecule has 3 rings (SSSR count). The number of nitrogen functional groups attached to an aromatic ring is 1. The molecule has 1 aromatic carbocycles. The smallest absolute Gasteiger partial charge is 0.342 e. The summed E-state index contributed by atoms with van der Waals surface area (Å²) in [6, 6.07) is 0. The summed E-state index contributed by atoms with van der Waals surface area (Å²) < 4.78 is 5.55. The van der Waals surface area contributed by atoms with Gasteiger partial charge in [0, 0.05) is 0 Å². The monoisotopic (exact) mass is 301 g/mol. The highest BCUT2D eigenvalue weighted by atomic mass is 16.4. The average Bonchev–Trinajstić information content (AvgIpc) is 2.51. The van der Waals surface area contributed by atoms with Gasteiger partial charge in [-0.25, -0.2) is 4.79 Å². The van der Waals surface area contributed by atoms with E-state index in [1.54, 1.807) is 0 Å². The molecule has 1 heterocycles. The van der Waals surface area contributed by atoms with Crippen LogP contribution in [-0.2, 0) is 19.3 Å². The summed E-state index contributed by atoms with van der Waals surface area (Å²) in [5.74, 6) is -1.29. The molecule has 5 heteroatoms. The van der Waals surface area contributed by atoms with Gasteiger partial charge in [-0.1, -0.05) is 13.3 Å². The zero-order valence-electron chi connectivity index (χ0n) is 12.6. The predicted octanol–water partition coefficient (Wildman–Crippen LogP) is 2.90. The number of anilines is 1. The number of fused-ring (bicyclic) bond motifs is 2. The number of hydrogen-bond acceptors (Lipinski definition) is 4. The first kappa shape index (κ1) is 14.6. The molecule has 0 atom stereocenters. The molecular weight excluding hydrogens is 282 g/mol. The van der Waals surface area contributed by atoms with Gasteiger partial charge in [-0.15, -0.1) is 0 Å². The van der Waals surface area contributed by atoms with E-state index in [0.717, 1.165) is 55.9 Å². The molecule has 116 valence electrons. The highest BCUT2D eigenvalue weighted by Gasteiger charge is 2.24. The van der Waals surface area contributed by atoms with E-state index in [0.29, 0.717) is 11.3 Å². The van der Waals surface area contributed by atoms with Crippen molar-refractivity contribution in [1.82, 2.24) is 0 Å². The van der Waals surface area contributed by atoms with Crippen molar-refractivity contribution in [1.29, 1.82) is 0 Å². The minimum Gasteiger partial charge on any atom is -0.477 e. The van der Waals surface area contributed by atoms with Gasteiger partial charge in [0.15, 0.2) is 0 Å². The van der Waals surface area contributed by atoms with Crippen molar-refractivity contribution in [2.75, 3.05) is 5.73 Å². The number of hydrogen-bond donors (Lipinski definition) is 2. The van der Waals surface area contributed by atoms with Gasteiger partial charge in [0.25, 0.3) is 0 Å². The third-order valence-corrected chi connectivity index (χ3v) is 4.42. The number of benzene rings is 1. The Labute approximate surface area is 127 Å². The molecule has 0 fully saturated rings. The number of aryl methyl sites for hydroxylation is 1. The molecule has 0 amide bonds. The average molecular weight is 301 g/mol. The van der Waals surface area contributed by atoms with E-state index in [2.05, 4.69) is 6.92 Å². The normalized spacial score (nSPS) is 14.0. The summed E-state index contributed by atoms with van der Waals surface area (Å²) in [6.45, 7) is 2.07. The molecule has 2 aromatic rings. The van der Waals surface area contributed by atoms with Crippen LogP contribution in [0.4, 0.5) is 5.69 Å². The Morgan fingerprint density at radius 1 is 1.32 bits per heavy atom. The van der Waals surface area contributed by atoms with Crippen LogP contribution in [0, 0.1) is 0 Å². The molecule has 0 aliphatic heterocycles. The standard InChI is InChI=1S/C17H19NO4/c1-2-5-11-9-6-3-4-7-10(9)14(18)13-15(19)12(17(20)21)8-22-16(11)13/h8H,2-7,18H2,1H3,(H,20,21). The van der Waals surface area contributed by atoms with Gasteiger partial charge < -0.3 is 15.3 Å². The number of carboxylic acid groups (broad SMARTS) is 1. The molecule has 0 spiro atoms. The first-order chi connectivity index (χ1) is 10.6. The number of carboxylic acids is 1. The Balaban J connectivity index is 2.45. The van der Waals surface area contributed by atoms with E-state index in [1.807, 2.05) is 0 Å². The Bertz CT molecular complexity index is 820.